The molecule has 1 saturated heterocycles. The fourth-order valence-electron chi connectivity index (χ4n) is 3.33. The van der Waals surface area contributed by atoms with Crippen LogP contribution in [0.15, 0.2) is 47.6 Å². The largest absolute Gasteiger partial charge is 0.497 e. The number of guanidine groups is 1. The minimum atomic E-state index is 0.770. The number of nitrogens with zero attached hydrogens (tertiary/aromatic N) is 4. The van der Waals surface area contributed by atoms with Crippen molar-refractivity contribution >= 4 is 11.6 Å². The Morgan fingerprint density at radius 1 is 1.11 bits per heavy atom. The standard InChI is InChI=1S/C22H31N5O/c1-4-23-22(24-12-11-19-6-5-18(2)25-17-19)27-15-13-26(14-16-27)20-7-9-21(28-3)10-8-20/h5-10,17H,4,11-16H2,1-3H3,(H,23,24). The first-order valence-electron chi connectivity index (χ1n) is 10.0. The molecule has 0 radical (unpaired) electrons. The van der Waals surface area contributed by atoms with Gasteiger partial charge in [0.1, 0.15) is 5.75 Å². The van der Waals surface area contributed by atoms with Crippen molar-refractivity contribution in [1.29, 1.82) is 0 Å². The number of piperazine rings is 1. The Balaban J connectivity index is 1.54. The van der Waals surface area contributed by atoms with Crippen LogP contribution < -0.4 is 15.0 Å². The Morgan fingerprint density at radius 2 is 1.86 bits per heavy atom. The van der Waals surface area contributed by atoms with Gasteiger partial charge in [0.25, 0.3) is 0 Å². The molecule has 2 heterocycles. The molecule has 6 heteroatoms. The molecular formula is C22H31N5O. The van der Waals surface area contributed by atoms with Gasteiger partial charge in [-0.15, -0.1) is 0 Å². The minimum Gasteiger partial charge on any atom is -0.497 e. The smallest absolute Gasteiger partial charge is 0.194 e. The van der Waals surface area contributed by atoms with Crippen LogP contribution in [0.25, 0.3) is 0 Å². The maximum Gasteiger partial charge on any atom is 0.194 e. The first-order chi connectivity index (χ1) is 13.7. The highest BCUT2D eigenvalue weighted by atomic mass is 16.5. The number of hydrogen-bond donors (Lipinski definition) is 1. The Hall–Kier alpha value is -2.76. The van der Waals surface area contributed by atoms with E-state index in [4.69, 9.17) is 9.73 Å². The van der Waals surface area contributed by atoms with E-state index in [0.717, 1.165) is 63.1 Å². The van der Waals surface area contributed by atoms with Crippen molar-refractivity contribution in [2.75, 3.05) is 51.3 Å². The lowest BCUT2D eigenvalue weighted by atomic mass is 10.2. The number of aliphatic imine (C=N–C) groups is 1. The average Bonchev–Trinajstić information content (AvgIpc) is 2.75. The number of nitrogens with one attached hydrogen (secondary N) is 1. The van der Waals surface area contributed by atoms with Crippen molar-refractivity contribution in [2.45, 2.75) is 20.3 Å². The number of pyridine rings is 1. The van der Waals surface area contributed by atoms with E-state index in [1.807, 2.05) is 25.3 Å². The SMILES string of the molecule is CCNC(=NCCc1ccc(C)nc1)N1CCN(c2ccc(OC)cc2)CC1. The molecule has 6 nitrogen and oxygen atoms in total. The van der Waals surface area contributed by atoms with E-state index < -0.39 is 0 Å². The van der Waals surface area contributed by atoms with Crippen molar-refractivity contribution in [3.05, 3.63) is 53.9 Å². The van der Waals surface area contributed by atoms with Crippen molar-refractivity contribution in [1.82, 2.24) is 15.2 Å². The van der Waals surface area contributed by atoms with E-state index in [1.54, 1.807) is 7.11 Å². The van der Waals surface area contributed by atoms with Crippen LogP contribution in [0.4, 0.5) is 5.69 Å². The Bertz CT molecular complexity index is 750. The highest BCUT2D eigenvalue weighted by Gasteiger charge is 2.19. The first kappa shape index (κ1) is 20.0. The normalized spacial score (nSPS) is 14.9. The molecule has 28 heavy (non-hydrogen) atoms. The van der Waals surface area contributed by atoms with E-state index in [0.29, 0.717) is 0 Å². The van der Waals surface area contributed by atoms with Gasteiger partial charge < -0.3 is 19.9 Å². The van der Waals surface area contributed by atoms with Gasteiger partial charge in [-0.2, -0.15) is 0 Å². The summed E-state index contributed by atoms with van der Waals surface area (Å²) in [5.74, 6) is 1.91. The summed E-state index contributed by atoms with van der Waals surface area (Å²) < 4.78 is 5.25. The second-order valence-electron chi connectivity index (χ2n) is 6.97. The summed E-state index contributed by atoms with van der Waals surface area (Å²) in [5, 5.41) is 3.44. The molecule has 0 amide bonds. The molecule has 150 valence electrons. The predicted molar refractivity (Wildman–Crippen MR) is 115 cm³/mol. The van der Waals surface area contributed by atoms with Gasteiger partial charge in [-0.3, -0.25) is 9.98 Å². The van der Waals surface area contributed by atoms with E-state index >= 15 is 0 Å². The Kier molecular flexibility index (Phi) is 7.12. The number of aromatic nitrogens is 1. The molecule has 0 bridgehead atoms. The van der Waals surface area contributed by atoms with Gasteiger partial charge in [0.05, 0.1) is 7.11 Å². The van der Waals surface area contributed by atoms with Crippen molar-refractivity contribution in [2.24, 2.45) is 4.99 Å². The number of rotatable bonds is 6. The van der Waals surface area contributed by atoms with Crippen LogP contribution in [0.2, 0.25) is 0 Å². The van der Waals surface area contributed by atoms with E-state index in [9.17, 15) is 0 Å². The summed E-state index contributed by atoms with van der Waals surface area (Å²) >= 11 is 0. The molecule has 0 atom stereocenters. The second kappa shape index (κ2) is 9.97. The van der Waals surface area contributed by atoms with Gasteiger partial charge in [-0.1, -0.05) is 6.07 Å². The van der Waals surface area contributed by atoms with Crippen LogP contribution in [0.5, 0.6) is 5.75 Å². The third-order valence-electron chi connectivity index (χ3n) is 4.99. The highest BCUT2D eigenvalue weighted by molar-refractivity contribution is 5.80. The molecule has 2 aromatic rings. The Morgan fingerprint density at radius 3 is 2.46 bits per heavy atom. The third kappa shape index (κ3) is 5.38. The molecule has 0 unspecified atom stereocenters. The lowest BCUT2D eigenvalue weighted by molar-refractivity contribution is 0.372. The minimum absolute atomic E-state index is 0.770. The van der Waals surface area contributed by atoms with Crippen molar-refractivity contribution in [3.63, 3.8) is 0 Å². The molecule has 0 saturated carbocycles. The number of benzene rings is 1. The monoisotopic (exact) mass is 381 g/mol. The van der Waals surface area contributed by atoms with Crippen LogP contribution in [-0.4, -0.2) is 62.2 Å². The van der Waals surface area contributed by atoms with E-state index in [-0.39, 0.29) is 0 Å². The van der Waals surface area contributed by atoms with Gasteiger partial charge >= 0.3 is 0 Å². The van der Waals surface area contributed by atoms with Crippen molar-refractivity contribution < 1.29 is 4.74 Å². The topological polar surface area (TPSA) is 53.0 Å². The zero-order valence-corrected chi connectivity index (χ0v) is 17.2. The molecule has 1 aromatic heterocycles. The molecule has 3 rings (SSSR count). The molecule has 1 N–H and O–H groups in total. The zero-order valence-electron chi connectivity index (χ0n) is 17.2. The molecular weight excluding hydrogens is 350 g/mol. The van der Waals surface area contributed by atoms with Gasteiger partial charge in [-0.25, -0.2) is 0 Å². The number of anilines is 1. The van der Waals surface area contributed by atoms with Gasteiger partial charge in [0.2, 0.25) is 0 Å². The maximum absolute atomic E-state index is 5.25. The number of ether oxygens (including phenoxy) is 1. The summed E-state index contributed by atoms with van der Waals surface area (Å²) in [5.41, 5.74) is 3.53. The maximum atomic E-state index is 5.25. The summed E-state index contributed by atoms with van der Waals surface area (Å²) in [4.78, 5) is 14.0. The number of aryl methyl sites for hydroxylation is 1. The second-order valence-corrected chi connectivity index (χ2v) is 6.97. The zero-order chi connectivity index (χ0) is 19.8. The summed E-state index contributed by atoms with van der Waals surface area (Å²) in [6.07, 6.45) is 2.86. The third-order valence-corrected chi connectivity index (χ3v) is 4.99. The van der Waals surface area contributed by atoms with Crippen LogP contribution >= 0.6 is 0 Å². The first-order valence-corrected chi connectivity index (χ1v) is 10.0. The molecule has 1 aliphatic heterocycles. The van der Waals surface area contributed by atoms with Crippen LogP contribution in [0.3, 0.4) is 0 Å². The van der Waals surface area contributed by atoms with Gasteiger partial charge in [-0.05, 0) is 56.2 Å². The van der Waals surface area contributed by atoms with Crippen LogP contribution in [-0.2, 0) is 6.42 Å². The van der Waals surface area contributed by atoms with Crippen molar-refractivity contribution in [3.8, 4) is 5.75 Å². The van der Waals surface area contributed by atoms with Gasteiger partial charge in [0.15, 0.2) is 5.96 Å². The lowest BCUT2D eigenvalue weighted by Gasteiger charge is -2.37. The summed E-state index contributed by atoms with van der Waals surface area (Å²) in [6, 6.07) is 12.5. The Labute approximate surface area is 168 Å². The van der Waals surface area contributed by atoms with Gasteiger partial charge in [0, 0.05) is 56.8 Å². The van der Waals surface area contributed by atoms with Crippen LogP contribution in [0.1, 0.15) is 18.2 Å². The summed E-state index contributed by atoms with van der Waals surface area (Å²) in [6.45, 7) is 9.67. The average molecular weight is 382 g/mol. The summed E-state index contributed by atoms with van der Waals surface area (Å²) in [7, 11) is 1.70. The molecule has 0 spiro atoms. The predicted octanol–water partition coefficient (Wildman–Crippen LogP) is 2.73. The number of hydrogen-bond acceptors (Lipinski definition) is 4. The molecule has 0 aliphatic carbocycles. The fourth-order valence-corrected chi connectivity index (χ4v) is 3.33. The molecule has 1 fully saturated rings. The lowest BCUT2D eigenvalue weighted by Crippen LogP contribution is -2.52. The highest BCUT2D eigenvalue weighted by Crippen LogP contribution is 2.20. The molecule has 1 aromatic carbocycles. The fraction of sp³-hybridized carbons (Fsp3) is 0.455. The van der Waals surface area contributed by atoms with Crippen LogP contribution in [0, 0.1) is 6.92 Å². The number of methoxy groups -OCH3 is 1. The quantitative estimate of drug-likeness (QED) is 0.616. The van der Waals surface area contributed by atoms with E-state index in [1.165, 1.54) is 11.3 Å². The van der Waals surface area contributed by atoms with E-state index in [2.05, 4.69) is 51.3 Å². The molecule has 1 aliphatic rings.